The van der Waals surface area contributed by atoms with Gasteiger partial charge in [0.05, 0.1) is 0 Å². The minimum atomic E-state index is -1.13. The van der Waals surface area contributed by atoms with Crippen molar-refractivity contribution in [1.29, 1.82) is 0 Å². The van der Waals surface area contributed by atoms with Crippen molar-refractivity contribution in [3.63, 3.8) is 0 Å². The van der Waals surface area contributed by atoms with Gasteiger partial charge in [-0.3, -0.25) is 9.59 Å². The number of carbonyl (C=O) groups excluding carboxylic acids is 2. The number of nitrogens with one attached hydrogen (secondary N) is 1. The molecule has 7 nitrogen and oxygen atoms in total. The number of aromatic carboxylic acids is 1. The average Bonchev–Trinajstić information content (AvgIpc) is 2.82. The van der Waals surface area contributed by atoms with Crippen molar-refractivity contribution in [2.45, 2.75) is 19.8 Å². The number of carboxylic acids is 1. The number of furan rings is 1. The maximum Gasteiger partial charge on any atom is 0.339 e. The standard InChI is InChI=1S/C13H18N2O5/c1-4-9-8(13(18)19)7-10(20-9)12(17)14-6-5-11(16)15(2)3/h7H,4-6H2,1-3H3,(H,14,17)(H,18,19). The molecule has 0 aliphatic carbocycles. The van der Waals surface area contributed by atoms with Crippen molar-refractivity contribution < 1.29 is 23.9 Å². The molecule has 0 aromatic carbocycles. The molecule has 2 N–H and O–H groups in total. The number of amides is 2. The largest absolute Gasteiger partial charge is 0.478 e. The fourth-order valence-electron chi connectivity index (χ4n) is 1.58. The van der Waals surface area contributed by atoms with Gasteiger partial charge in [-0.2, -0.15) is 0 Å². The van der Waals surface area contributed by atoms with Crippen LogP contribution in [0.15, 0.2) is 10.5 Å². The van der Waals surface area contributed by atoms with Crippen molar-refractivity contribution in [2.24, 2.45) is 0 Å². The minimum Gasteiger partial charge on any atom is -0.478 e. The molecular weight excluding hydrogens is 264 g/mol. The lowest BCUT2D eigenvalue weighted by molar-refractivity contribution is -0.128. The molecule has 20 heavy (non-hydrogen) atoms. The normalized spacial score (nSPS) is 10.2. The van der Waals surface area contributed by atoms with Crippen LogP contribution in [0.4, 0.5) is 0 Å². The first-order chi connectivity index (χ1) is 9.36. The Morgan fingerprint density at radius 1 is 1.35 bits per heavy atom. The second-order valence-electron chi connectivity index (χ2n) is 4.40. The highest BCUT2D eigenvalue weighted by molar-refractivity contribution is 5.96. The average molecular weight is 282 g/mol. The zero-order valence-corrected chi connectivity index (χ0v) is 11.7. The maximum absolute atomic E-state index is 11.8. The summed E-state index contributed by atoms with van der Waals surface area (Å²) in [6.07, 6.45) is 0.555. The van der Waals surface area contributed by atoms with Crippen molar-refractivity contribution >= 4 is 17.8 Å². The van der Waals surface area contributed by atoms with Crippen LogP contribution in [0.3, 0.4) is 0 Å². The number of aryl methyl sites for hydroxylation is 1. The summed E-state index contributed by atoms with van der Waals surface area (Å²) in [5, 5.41) is 11.5. The zero-order valence-electron chi connectivity index (χ0n) is 11.7. The summed E-state index contributed by atoms with van der Waals surface area (Å²) in [6, 6.07) is 1.20. The molecule has 0 spiro atoms. The first-order valence-electron chi connectivity index (χ1n) is 6.21. The summed E-state index contributed by atoms with van der Waals surface area (Å²) in [5.41, 5.74) is -0.0120. The Morgan fingerprint density at radius 3 is 2.45 bits per heavy atom. The third-order valence-electron chi connectivity index (χ3n) is 2.71. The van der Waals surface area contributed by atoms with Crippen LogP contribution in [0.5, 0.6) is 0 Å². The SMILES string of the molecule is CCc1oc(C(=O)NCCC(=O)N(C)C)cc1C(=O)O. The van der Waals surface area contributed by atoms with Crippen molar-refractivity contribution in [3.8, 4) is 0 Å². The summed E-state index contributed by atoms with van der Waals surface area (Å²) >= 11 is 0. The zero-order chi connectivity index (χ0) is 15.3. The Hall–Kier alpha value is -2.31. The van der Waals surface area contributed by atoms with E-state index in [1.807, 2.05) is 0 Å². The van der Waals surface area contributed by atoms with Crippen molar-refractivity contribution in [1.82, 2.24) is 10.2 Å². The molecule has 0 saturated heterocycles. The number of rotatable bonds is 6. The van der Waals surface area contributed by atoms with E-state index in [2.05, 4.69) is 5.32 Å². The van der Waals surface area contributed by atoms with Gasteiger partial charge in [0.1, 0.15) is 11.3 Å². The Bertz CT molecular complexity index is 519. The summed E-state index contributed by atoms with van der Waals surface area (Å²) in [5.74, 6) is -1.57. The molecule has 0 saturated carbocycles. The van der Waals surface area contributed by atoms with Gasteiger partial charge in [-0.05, 0) is 0 Å². The summed E-state index contributed by atoms with van der Waals surface area (Å²) < 4.78 is 5.20. The third kappa shape index (κ3) is 3.84. The van der Waals surface area contributed by atoms with E-state index in [4.69, 9.17) is 9.52 Å². The second kappa shape index (κ2) is 6.74. The van der Waals surface area contributed by atoms with Gasteiger partial charge in [0.15, 0.2) is 5.76 Å². The van der Waals surface area contributed by atoms with Gasteiger partial charge in [-0.15, -0.1) is 0 Å². The second-order valence-corrected chi connectivity index (χ2v) is 4.40. The van der Waals surface area contributed by atoms with E-state index in [1.165, 1.54) is 11.0 Å². The monoisotopic (exact) mass is 282 g/mol. The van der Waals surface area contributed by atoms with Crippen LogP contribution in [0.2, 0.25) is 0 Å². The fourth-order valence-corrected chi connectivity index (χ4v) is 1.58. The molecule has 7 heteroatoms. The highest BCUT2D eigenvalue weighted by Crippen LogP contribution is 2.16. The van der Waals surface area contributed by atoms with E-state index in [1.54, 1.807) is 21.0 Å². The molecular formula is C13H18N2O5. The van der Waals surface area contributed by atoms with Gasteiger partial charge < -0.3 is 19.7 Å². The van der Waals surface area contributed by atoms with E-state index >= 15 is 0 Å². The Labute approximate surface area is 116 Å². The predicted octanol–water partition coefficient (Wildman–Crippen LogP) is 0.748. The number of nitrogens with zero attached hydrogens (tertiary/aromatic N) is 1. The molecule has 0 radical (unpaired) electrons. The molecule has 0 bridgehead atoms. The van der Waals surface area contributed by atoms with Gasteiger partial charge in [-0.25, -0.2) is 4.79 Å². The fraction of sp³-hybridized carbons (Fsp3) is 0.462. The van der Waals surface area contributed by atoms with Gasteiger partial charge in [0.2, 0.25) is 5.91 Å². The van der Waals surface area contributed by atoms with Crippen LogP contribution in [-0.2, 0) is 11.2 Å². The lowest BCUT2D eigenvalue weighted by Crippen LogP contribution is -2.30. The van der Waals surface area contributed by atoms with Gasteiger partial charge in [-0.1, -0.05) is 6.92 Å². The smallest absolute Gasteiger partial charge is 0.339 e. The Kier molecular flexibility index (Phi) is 5.31. The van der Waals surface area contributed by atoms with E-state index in [0.717, 1.165) is 0 Å². The molecule has 1 aromatic heterocycles. The van der Waals surface area contributed by atoms with Crippen LogP contribution >= 0.6 is 0 Å². The first-order valence-corrected chi connectivity index (χ1v) is 6.21. The quantitative estimate of drug-likeness (QED) is 0.802. The molecule has 1 heterocycles. The van der Waals surface area contributed by atoms with Crippen LogP contribution in [0, 0.1) is 0 Å². The lowest BCUT2D eigenvalue weighted by atomic mass is 10.2. The predicted molar refractivity (Wildman–Crippen MR) is 70.7 cm³/mol. The number of carbonyl (C=O) groups is 3. The number of carboxylic acid groups (broad SMARTS) is 1. The van der Waals surface area contributed by atoms with E-state index in [-0.39, 0.29) is 36.0 Å². The van der Waals surface area contributed by atoms with E-state index < -0.39 is 11.9 Å². The Balaban J connectivity index is 2.64. The van der Waals surface area contributed by atoms with Gasteiger partial charge in [0, 0.05) is 39.5 Å². The number of hydrogen-bond acceptors (Lipinski definition) is 4. The third-order valence-corrected chi connectivity index (χ3v) is 2.71. The van der Waals surface area contributed by atoms with Crippen molar-refractivity contribution in [2.75, 3.05) is 20.6 Å². The van der Waals surface area contributed by atoms with E-state index in [9.17, 15) is 14.4 Å². The Morgan fingerprint density at radius 2 is 2.00 bits per heavy atom. The molecule has 1 aromatic rings. The highest BCUT2D eigenvalue weighted by atomic mass is 16.4. The van der Waals surface area contributed by atoms with Crippen molar-refractivity contribution in [3.05, 3.63) is 23.2 Å². The molecule has 0 aliphatic rings. The first kappa shape index (κ1) is 15.7. The maximum atomic E-state index is 11.8. The summed E-state index contributed by atoms with van der Waals surface area (Å²) in [6.45, 7) is 1.91. The van der Waals surface area contributed by atoms with Crippen LogP contribution in [0.25, 0.3) is 0 Å². The number of hydrogen-bond donors (Lipinski definition) is 2. The van der Waals surface area contributed by atoms with Crippen LogP contribution < -0.4 is 5.32 Å². The molecule has 110 valence electrons. The molecule has 0 atom stereocenters. The highest BCUT2D eigenvalue weighted by Gasteiger charge is 2.19. The van der Waals surface area contributed by atoms with Gasteiger partial charge >= 0.3 is 5.97 Å². The topological polar surface area (TPSA) is 99.9 Å². The molecule has 1 rings (SSSR count). The molecule has 0 aliphatic heterocycles. The van der Waals surface area contributed by atoms with Crippen LogP contribution in [-0.4, -0.2) is 48.4 Å². The van der Waals surface area contributed by atoms with Gasteiger partial charge in [0.25, 0.3) is 5.91 Å². The summed E-state index contributed by atoms with van der Waals surface area (Å²) in [7, 11) is 3.26. The molecule has 0 fully saturated rings. The molecule has 2 amide bonds. The van der Waals surface area contributed by atoms with Crippen LogP contribution in [0.1, 0.15) is 40.0 Å². The summed E-state index contributed by atoms with van der Waals surface area (Å²) in [4.78, 5) is 35.5. The molecule has 0 unspecified atom stereocenters. The lowest BCUT2D eigenvalue weighted by Gasteiger charge is -2.09. The van der Waals surface area contributed by atoms with E-state index in [0.29, 0.717) is 6.42 Å². The minimum absolute atomic E-state index is 0.0120.